The maximum absolute atomic E-state index is 7.52. The van der Waals surface area contributed by atoms with Gasteiger partial charge in [-0.15, -0.1) is 0 Å². The molecule has 0 fully saturated rings. The van der Waals surface area contributed by atoms with Crippen LogP contribution in [-0.4, -0.2) is 4.98 Å². The Morgan fingerprint density at radius 2 is 2.21 bits per heavy atom. The van der Waals surface area contributed by atoms with E-state index in [-0.39, 0.29) is 5.56 Å². The fourth-order valence-electron chi connectivity index (χ4n) is 1.35. The highest BCUT2D eigenvalue weighted by Crippen LogP contribution is 2.20. The van der Waals surface area contributed by atoms with Crippen molar-refractivity contribution in [1.29, 1.82) is 0 Å². The minimum absolute atomic E-state index is 0.237. The van der Waals surface area contributed by atoms with Crippen molar-refractivity contribution in [3.8, 4) is 11.3 Å². The van der Waals surface area contributed by atoms with Gasteiger partial charge < -0.3 is 0 Å². The van der Waals surface area contributed by atoms with Crippen LogP contribution >= 0.6 is 0 Å². The highest BCUT2D eigenvalue weighted by atomic mass is 14.7. The first-order valence-corrected chi connectivity index (χ1v) is 4.42. The summed E-state index contributed by atoms with van der Waals surface area (Å²) in [6.45, 7) is -0.210. The van der Waals surface area contributed by atoms with Crippen LogP contribution in [-0.2, 0) is 0 Å². The van der Waals surface area contributed by atoms with E-state index in [0.29, 0.717) is 6.04 Å². The molecule has 1 heterocycles. The van der Waals surface area contributed by atoms with Gasteiger partial charge in [0.2, 0.25) is 0 Å². The molecule has 1 nitrogen and oxygen atoms in total. The summed E-state index contributed by atoms with van der Waals surface area (Å²) in [4.78, 5) is 4.18. The van der Waals surface area contributed by atoms with E-state index in [9.17, 15) is 0 Å². The summed E-state index contributed by atoms with van der Waals surface area (Å²) in [6, 6.07) is 9.01. The van der Waals surface area contributed by atoms with E-state index in [1.165, 1.54) is 6.20 Å². The van der Waals surface area contributed by atoms with Crippen molar-refractivity contribution in [3.63, 3.8) is 0 Å². The number of benzene rings is 1. The molecule has 14 heavy (non-hydrogen) atoms. The van der Waals surface area contributed by atoms with E-state index < -0.39 is 6.85 Å². The summed E-state index contributed by atoms with van der Waals surface area (Å²) < 4.78 is 29.4. The predicted molar refractivity (Wildman–Crippen MR) is 59.1 cm³/mol. The number of nitrogens with zero attached hydrogens (tertiary/aromatic N) is 1. The lowest BCUT2D eigenvalue weighted by Gasteiger charge is -2.04. The normalized spacial score (nSPS) is 15.2. The molecule has 2 aromatic rings. The lowest BCUT2D eigenvalue weighted by molar-refractivity contribution is 1.26. The lowest BCUT2D eigenvalue weighted by atomic mass is 10.1. The number of aromatic nitrogens is 1. The monoisotopic (exact) mass is 187 g/mol. The predicted octanol–water partition coefficient (Wildman–Crippen LogP) is 3.37. The zero-order valence-corrected chi connectivity index (χ0v) is 7.91. The van der Waals surface area contributed by atoms with Crippen molar-refractivity contribution in [1.82, 2.24) is 4.98 Å². The molecule has 0 amide bonds. The van der Waals surface area contributed by atoms with Gasteiger partial charge in [0.05, 0.1) is 7.06 Å². The van der Waals surface area contributed by atoms with Crippen molar-refractivity contribution in [2.24, 2.45) is 0 Å². The average Bonchev–Trinajstić information content (AvgIpc) is 2.28. The minimum atomic E-state index is -2.12. The Morgan fingerprint density at radius 3 is 2.86 bits per heavy atom. The van der Waals surface area contributed by atoms with Crippen molar-refractivity contribution < 1.29 is 5.48 Å². The first-order valence-electron chi connectivity index (χ1n) is 6.42. The van der Waals surface area contributed by atoms with Crippen molar-refractivity contribution >= 4 is 0 Å². The van der Waals surface area contributed by atoms with Crippen LogP contribution in [0.5, 0.6) is 0 Å². The largest absolute Gasteiger partial charge is 0.256 e. The molecule has 1 aromatic heterocycles. The Bertz CT molecular complexity index is 558. The number of hydrogen-bond acceptors (Lipinski definition) is 1. The van der Waals surface area contributed by atoms with Crippen LogP contribution in [0.15, 0.2) is 42.6 Å². The van der Waals surface area contributed by atoms with Gasteiger partial charge in [-0.25, -0.2) is 0 Å². The topological polar surface area (TPSA) is 12.9 Å². The molecule has 0 aliphatic rings. The second kappa shape index (κ2) is 3.62. The molecule has 0 N–H and O–H groups in total. The average molecular weight is 187 g/mol. The van der Waals surface area contributed by atoms with Crippen molar-refractivity contribution in [2.45, 2.75) is 13.8 Å². The van der Waals surface area contributed by atoms with Gasteiger partial charge >= 0.3 is 0 Å². The molecule has 0 unspecified atom stereocenters. The summed E-state index contributed by atoms with van der Waals surface area (Å²) >= 11 is 0. The molecule has 0 saturated carbocycles. The Hall–Kier alpha value is -1.63. The summed E-state index contributed by atoms with van der Waals surface area (Å²) in [5, 5.41) is 0. The highest BCUT2D eigenvalue weighted by molar-refractivity contribution is 5.63. The minimum Gasteiger partial charge on any atom is -0.256 e. The fraction of sp³-hybridized carbons (Fsp3) is 0.154. The van der Waals surface area contributed by atoms with E-state index >= 15 is 0 Å². The van der Waals surface area contributed by atoms with Gasteiger partial charge in [0, 0.05) is 15.9 Å². The van der Waals surface area contributed by atoms with E-state index in [2.05, 4.69) is 4.98 Å². The van der Waals surface area contributed by atoms with Crippen LogP contribution < -0.4 is 0 Å². The number of rotatable bonds is 1. The van der Waals surface area contributed by atoms with Gasteiger partial charge in [0.15, 0.2) is 0 Å². The first kappa shape index (κ1) is 5.30. The van der Waals surface area contributed by atoms with Crippen LogP contribution in [0.4, 0.5) is 0 Å². The smallest absolute Gasteiger partial charge is 0.0704 e. The molecule has 1 aromatic carbocycles. The van der Waals surface area contributed by atoms with Crippen LogP contribution in [0.3, 0.4) is 0 Å². The summed E-state index contributed by atoms with van der Waals surface area (Å²) in [5.41, 5.74) is 2.83. The fourth-order valence-corrected chi connectivity index (χ4v) is 1.35. The third-order valence-electron chi connectivity index (χ3n) is 2.11. The van der Waals surface area contributed by atoms with Crippen molar-refractivity contribution in [2.75, 3.05) is 0 Å². The molecule has 0 spiro atoms. The highest BCUT2D eigenvalue weighted by Gasteiger charge is 2.00. The van der Waals surface area contributed by atoms with Gasteiger partial charge in [0.25, 0.3) is 0 Å². The van der Waals surface area contributed by atoms with Gasteiger partial charge in [-0.2, -0.15) is 0 Å². The summed E-state index contributed by atoms with van der Waals surface area (Å²) in [6.07, 6.45) is 1.39. The zero-order valence-electron chi connectivity index (χ0n) is 11.9. The third kappa shape index (κ3) is 1.67. The molecule has 0 radical (unpaired) electrons. The molecular formula is C13H13N. The Morgan fingerprint density at radius 1 is 1.29 bits per heavy atom. The molecule has 70 valence electrons. The second-order valence-corrected chi connectivity index (χ2v) is 3.17. The van der Waals surface area contributed by atoms with E-state index in [1.807, 2.05) is 13.0 Å². The quantitative estimate of drug-likeness (QED) is 0.667. The maximum Gasteiger partial charge on any atom is 0.0704 e. The van der Waals surface area contributed by atoms with Gasteiger partial charge in [-0.3, -0.25) is 4.98 Å². The number of hydrogen-bond donors (Lipinski definition) is 0. The maximum atomic E-state index is 7.52. The molecule has 0 bridgehead atoms. The Kier molecular flexibility index (Phi) is 1.37. The molecule has 2 rings (SSSR count). The Labute approximate surface area is 90.1 Å². The SMILES string of the molecule is [2H]c1ccc(-c2ccc(C([2H])([2H])[2H])cn2)c(C)c1. The zero-order chi connectivity index (χ0) is 13.3. The van der Waals surface area contributed by atoms with Crippen LogP contribution in [0.1, 0.15) is 16.6 Å². The van der Waals surface area contributed by atoms with Gasteiger partial charge in [-0.1, -0.05) is 30.3 Å². The molecule has 0 atom stereocenters. The van der Waals surface area contributed by atoms with Gasteiger partial charge in [0.1, 0.15) is 0 Å². The summed E-state index contributed by atoms with van der Waals surface area (Å²) in [5.74, 6) is 0. The van der Waals surface area contributed by atoms with E-state index in [4.69, 9.17) is 5.48 Å². The number of pyridine rings is 1. The summed E-state index contributed by atoms with van der Waals surface area (Å²) in [7, 11) is 0. The molecule has 0 saturated heterocycles. The molecule has 1 heteroatoms. The van der Waals surface area contributed by atoms with E-state index in [1.54, 1.807) is 24.3 Å². The van der Waals surface area contributed by atoms with Crippen LogP contribution in [0, 0.1) is 13.8 Å². The second-order valence-electron chi connectivity index (χ2n) is 3.17. The first-order chi connectivity index (χ1) is 8.38. The van der Waals surface area contributed by atoms with Crippen LogP contribution in [0.25, 0.3) is 11.3 Å². The Balaban J connectivity index is 2.41. The van der Waals surface area contributed by atoms with E-state index in [0.717, 1.165) is 16.8 Å². The molecular weight excluding hydrogens is 170 g/mol. The van der Waals surface area contributed by atoms with Crippen LogP contribution in [0.2, 0.25) is 0 Å². The third-order valence-corrected chi connectivity index (χ3v) is 2.11. The number of aryl methyl sites for hydroxylation is 2. The molecule has 0 aliphatic carbocycles. The van der Waals surface area contributed by atoms with Gasteiger partial charge in [-0.05, 0) is 31.0 Å². The lowest BCUT2D eigenvalue weighted by Crippen LogP contribution is -1.86. The standard InChI is InChI=1S/C13H13N/c1-10-7-8-13(14-9-10)12-6-4-3-5-11(12)2/h3-9H,1-2H3/i1D3,3D. The van der Waals surface area contributed by atoms with Crippen molar-refractivity contribution in [3.05, 3.63) is 53.7 Å². The molecule has 0 aliphatic heterocycles.